The van der Waals surface area contributed by atoms with Gasteiger partial charge in [-0.3, -0.25) is 14.4 Å². The number of aromatic nitrogens is 2. The highest BCUT2D eigenvalue weighted by Crippen LogP contribution is 2.17. The van der Waals surface area contributed by atoms with Gasteiger partial charge in [0.25, 0.3) is 11.8 Å². The normalized spacial score (nSPS) is 11.5. The molecule has 4 aromatic rings. The van der Waals surface area contributed by atoms with E-state index < -0.39 is 23.6 Å². The lowest BCUT2D eigenvalue weighted by Gasteiger charge is -2.17. The molecule has 3 aromatic carbocycles. The van der Waals surface area contributed by atoms with Crippen molar-refractivity contribution in [3.05, 3.63) is 114 Å². The van der Waals surface area contributed by atoms with Crippen molar-refractivity contribution < 1.29 is 19.1 Å². The highest BCUT2D eigenvalue weighted by atomic mass is 16.5. The van der Waals surface area contributed by atoms with Gasteiger partial charge in [-0.2, -0.15) is 5.10 Å². The predicted octanol–water partition coefficient (Wildman–Crippen LogP) is 3.16. The second-order valence-electron chi connectivity index (χ2n) is 8.30. The van der Waals surface area contributed by atoms with Crippen molar-refractivity contribution >= 4 is 17.6 Å². The molecule has 1 aromatic heterocycles. The van der Waals surface area contributed by atoms with Crippen molar-refractivity contribution in [3.8, 4) is 11.4 Å². The SMILES string of the molecule is Cc1cc(C(=O)N[C@@H](Cc2ccccc2)C(=O)C(N)=O)n(-c2ccc(COc3ccccc3)cc2)n1. The number of amides is 2. The summed E-state index contributed by atoms with van der Waals surface area (Å²) < 4.78 is 7.28. The Balaban J connectivity index is 1.51. The monoisotopic (exact) mass is 482 g/mol. The summed E-state index contributed by atoms with van der Waals surface area (Å²) in [6, 6.07) is 26.6. The number of benzene rings is 3. The first-order chi connectivity index (χ1) is 17.4. The van der Waals surface area contributed by atoms with Crippen LogP contribution in [-0.2, 0) is 22.6 Å². The van der Waals surface area contributed by atoms with E-state index in [2.05, 4.69) is 10.4 Å². The van der Waals surface area contributed by atoms with Gasteiger partial charge in [-0.15, -0.1) is 0 Å². The topological polar surface area (TPSA) is 116 Å². The van der Waals surface area contributed by atoms with Crippen LogP contribution in [0.5, 0.6) is 5.75 Å². The van der Waals surface area contributed by atoms with E-state index in [1.165, 1.54) is 4.68 Å². The highest BCUT2D eigenvalue weighted by molar-refractivity contribution is 6.38. The molecule has 0 aliphatic carbocycles. The Morgan fingerprint density at radius 3 is 2.19 bits per heavy atom. The van der Waals surface area contributed by atoms with Crippen LogP contribution in [0.4, 0.5) is 0 Å². The highest BCUT2D eigenvalue weighted by Gasteiger charge is 2.27. The van der Waals surface area contributed by atoms with E-state index in [0.29, 0.717) is 18.0 Å². The Hall–Kier alpha value is -4.72. The molecule has 4 rings (SSSR count). The number of carbonyl (C=O) groups excluding carboxylic acids is 3. The summed E-state index contributed by atoms with van der Waals surface area (Å²) in [6.07, 6.45) is 0.136. The number of ether oxygens (including phenoxy) is 1. The zero-order chi connectivity index (χ0) is 25.5. The molecule has 0 bridgehead atoms. The Labute approximate surface area is 208 Å². The molecule has 0 fully saturated rings. The molecule has 0 aliphatic rings. The molecule has 0 radical (unpaired) electrons. The predicted molar refractivity (Wildman–Crippen MR) is 135 cm³/mol. The molecular weight excluding hydrogens is 456 g/mol. The van der Waals surface area contributed by atoms with E-state index in [0.717, 1.165) is 16.9 Å². The lowest BCUT2D eigenvalue weighted by molar-refractivity contribution is -0.137. The molecule has 1 heterocycles. The van der Waals surface area contributed by atoms with Gasteiger partial charge in [0.15, 0.2) is 0 Å². The Morgan fingerprint density at radius 2 is 1.56 bits per heavy atom. The molecule has 1 atom stereocenters. The first-order valence-corrected chi connectivity index (χ1v) is 11.4. The number of ketones is 1. The summed E-state index contributed by atoms with van der Waals surface area (Å²) in [5, 5.41) is 7.11. The Kier molecular flexibility index (Phi) is 7.55. The van der Waals surface area contributed by atoms with E-state index in [9.17, 15) is 14.4 Å². The van der Waals surface area contributed by atoms with E-state index in [1.54, 1.807) is 13.0 Å². The van der Waals surface area contributed by atoms with Crippen molar-refractivity contribution in [1.29, 1.82) is 0 Å². The van der Waals surface area contributed by atoms with Gasteiger partial charge in [-0.25, -0.2) is 4.68 Å². The van der Waals surface area contributed by atoms with Crippen LogP contribution in [0.3, 0.4) is 0 Å². The third-order valence-corrected chi connectivity index (χ3v) is 5.54. The fourth-order valence-electron chi connectivity index (χ4n) is 3.74. The standard InChI is InChI=1S/C28H26N4O4/c1-19-16-25(28(35)30-24(26(33)27(29)34)17-20-8-4-2-5-9-20)32(31-19)22-14-12-21(13-15-22)18-36-23-10-6-3-7-11-23/h2-16,24H,17-18H2,1H3,(H2,29,34)(H,30,35)/t24-/m0/s1. The van der Waals surface area contributed by atoms with Gasteiger partial charge in [0, 0.05) is 6.42 Å². The summed E-state index contributed by atoms with van der Waals surface area (Å²) in [7, 11) is 0. The maximum absolute atomic E-state index is 13.2. The van der Waals surface area contributed by atoms with Crippen LogP contribution >= 0.6 is 0 Å². The van der Waals surface area contributed by atoms with Gasteiger partial charge in [0.05, 0.1) is 11.4 Å². The number of aryl methyl sites for hydroxylation is 1. The fourth-order valence-corrected chi connectivity index (χ4v) is 3.74. The van der Waals surface area contributed by atoms with E-state index >= 15 is 0 Å². The Morgan fingerprint density at radius 1 is 0.917 bits per heavy atom. The van der Waals surface area contributed by atoms with Gasteiger partial charge >= 0.3 is 0 Å². The molecular formula is C28H26N4O4. The molecule has 0 saturated carbocycles. The maximum atomic E-state index is 13.2. The molecule has 0 aliphatic heterocycles. The van der Waals surface area contributed by atoms with Crippen molar-refractivity contribution in [2.24, 2.45) is 5.73 Å². The molecule has 0 spiro atoms. The smallest absolute Gasteiger partial charge is 0.287 e. The first-order valence-electron chi connectivity index (χ1n) is 11.4. The number of para-hydroxylation sites is 1. The maximum Gasteiger partial charge on any atom is 0.287 e. The molecule has 0 unspecified atom stereocenters. The van der Waals surface area contributed by atoms with Gasteiger partial charge in [0.2, 0.25) is 5.78 Å². The summed E-state index contributed by atoms with van der Waals surface area (Å²) in [6.45, 7) is 2.16. The van der Waals surface area contributed by atoms with Crippen LogP contribution in [0.2, 0.25) is 0 Å². The summed E-state index contributed by atoms with van der Waals surface area (Å²) in [5.74, 6) is -1.73. The van der Waals surface area contributed by atoms with Crippen LogP contribution < -0.4 is 15.8 Å². The third kappa shape index (κ3) is 6.04. The molecule has 2 amide bonds. The number of carbonyl (C=O) groups is 3. The van der Waals surface area contributed by atoms with E-state index in [-0.39, 0.29) is 12.1 Å². The number of nitrogens with one attached hydrogen (secondary N) is 1. The van der Waals surface area contributed by atoms with Crippen LogP contribution in [0.25, 0.3) is 5.69 Å². The van der Waals surface area contributed by atoms with Crippen LogP contribution in [0.15, 0.2) is 91.0 Å². The lowest BCUT2D eigenvalue weighted by Crippen LogP contribution is -2.47. The Bertz CT molecular complexity index is 1350. The van der Waals surface area contributed by atoms with E-state index in [4.69, 9.17) is 10.5 Å². The number of nitrogens with two attached hydrogens (primary N) is 1. The second-order valence-corrected chi connectivity index (χ2v) is 8.30. The van der Waals surface area contributed by atoms with E-state index in [1.807, 2.05) is 84.9 Å². The largest absolute Gasteiger partial charge is 0.489 e. The molecule has 3 N–H and O–H groups in total. The van der Waals surface area contributed by atoms with Crippen LogP contribution in [0, 0.1) is 6.92 Å². The van der Waals surface area contributed by atoms with Gasteiger partial charge < -0.3 is 15.8 Å². The van der Waals surface area contributed by atoms with Gasteiger partial charge in [0.1, 0.15) is 24.1 Å². The van der Waals surface area contributed by atoms with Gasteiger partial charge in [-0.1, -0.05) is 60.7 Å². The molecule has 8 nitrogen and oxygen atoms in total. The third-order valence-electron chi connectivity index (χ3n) is 5.54. The number of rotatable bonds is 10. The van der Waals surface area contributed by atoms with Crippen molar-refractivity contribution in [3.63, 3.8) is 0 Å². The van der Waals surface area contributed by atoms with Crippen molar-refractivity contribution in [2.75, 3.05) is 0 Å². The summed E-state index contributed by atoms with van der Waals surface area (Å²) >= 11 is 0. The van der Waals surface area contributed by atoms with Gasteiger partial charge in [-0.05, 0) is 48.4 Å². The molecule has 36 heavy (non-hydrogen) atoms. The number of nitrogens with zero attached hydrogens (tertiary/aromatic N) is 2. The van der Waals surface area contributed by atoms with Crippen molar-refractivity contribution in [2.45, 2.75) is 26.0 Å². The summed E-state index contributed by atoms with van der Waals surface area (Å²) in [5.41, 5.74) is 8.50. The molecule has 182 valence electrons. The molecule has 8 heteroatoms. The minimum atomic E-state index is -1.10. The number of Topliss-reactive ketones (excluding diaryl/α,β-unsaturated/α-hetero) is 1. The van der Waals surface area contributed by atoms with Crippen LogP contribution in [-0.4, -0.2) is 33.4 Å². The second kappa shape index (κ2) is 11.1. The quantitative estimate of drug-likeness (QED) is 0.337. The average Bonchev–Trinajstić information content (AvgIpc) is 3.30. The number of primary amides is 1. The van der Waals surface area contributed by atoms with Crippen molar-refractivity contribution in [1.82, 2.24) is 15.1 Å². The minimum Gasteiger partial charge on any atom is -0.489 e. The lowest BCUT2D eigenvalue weighted by atomic mass is 10.0. The zero-order valence-electron chi connectivity index (χ0n) is 19.8. The zero-order valence-corrected chi connectivity index (χ0v) is 19.8. The average molecular weight is 483 g/mol. The fraction of sp³-hybridized carbons (Fsp3) is 0.143. The minimum absolute atomic E-state index is 0.136. The number of hydrogen-bond donors (Lipinski definition) is 2. The first kappa shape index (κ1) is 24.4. The summed E-state index contributed by atoms with van der Waals surface area (Å²) in [4.78, 5) is 37.3. The number of hydrogen-bond acceptors (Lipinski definition) is 5. The molecule has 0 saturated heterocycles. The van der Waals surface area contributed by atoms with Crippen LogP contribution in [0.1, 0.15) is 27.3 Å².